The third kappa shape index (κ3) is 2.15. The van der Waals surface area contributed by atoms with Crippen LogP contribution in [0.5, 0.6) is 0 Å². The number of nitrogens with two attached hydrogens (primary N) is 1. The van der Waals surface area contributed by atoms with Crippen LogP contribution in [0.3, 0.4) is 0 Å². The molecule has 110 valence electrons. The Kier molecular flexibility index (Phi) is 3.20. The number of para-hydroxylation sites is 1. The maximum Gasteiger partial charge on any atom is 0.0821 e. The zero-order valence-electron chi connectivity index (χ0n) is 12.3. The van der Waals surface area contributed by atoms with Gasteiger partial charge in [0.1, 0.15) is 0 Å². The van der Waals surface area contributed by atoms with E-state index in [9.17, 15) is 0 Å². The summed E-state index contributed by atoms with van der Waals surface area (Å²) in [4.78, 5) is 5.08. The van der Waals surface area contributed by atoms with E-state index in [1.165, 1.54) is 16.9 Å². The van der Waals surface area contributed by atoms with Crippen LogP contribution in [0.4, 0.5) is 5.69 Å². The zero-order valence-corrected chi connectivity index (χ0v) is 12.3. The standard InChI is InChI=1S/C17H22N4/c18-7-9-19-10-11-21-15-5-2-1-4-14(15)12-20-8-3-6-16(20)17(21)13-19/h1-6,8,17H,7,9-13,18H2/t17-/m1/s1. The van der Waals surface area contributed by atoms with E-state index in [2.05, 4.69) is 57.0 Å². The highest BCUT2D eigenvalue weighted by Crippen LogP contribution is 2.36. The van der Waals surface area contributed by atoms with E-state index in [4.69, 9.17) is 5.73 Å². The van der Waals surface area contributed by atoms with Gasteiger partial charge in [-0.2, -0.15) is 0 Å². The van der Waals surface area contributed by atoms with E-state index in [-0.39, 0.29) is 0 Å². The zero-order chi connectivity index (χ0) is 14.2. The van der Waals surface area contributed by atoms with E-state index >= 15 is 0 Å². The first-order valence-corrected chi connectivity index (χ1v) is 7.79. The van der Waals surface area contributed by atoms with E-state index in [0.29, 0.717) is 6.04 Å². The van der Waals surface area contributed by atoms with Crippen LogP contribution in [0.1, 0.15) is 17.3 Å². The molecule has 2 aromatic rings. The molecule has 0 amide bonds. The normalized spacial score (nSPS) is 21.4. The van der Waals surface area contributed by atoms with Crippen molar-refractivity contribution in [2.75, 3.05) is 37.6 Å². The summed E-state index contributed by atoms with van der Waals surface area (Å²) in [5.41, 5.74) is 10.00. The topological polar surface area (TPSA) is 37.4 Å². The van der Waals surface area contributed by atoms with Gasteiger partial charge in [0.05, 0.1) is 6.04 Å². The summed E-state index contributed by atoms with van der Waals surface area (Å²) in [5.74, 6) is 0. The minimum absolute atomic E-state index is 0.434. The average Bonchev–Trinajstić information content (AvgIpc) is 2.92. The molecule has 21 heavy (non-hydrogen) atoms. The fraction of sp³-hybridized carbons (Fsp3) is 0.412. The molecule has 0 radical (unpaired) electrons. The fourth-order valence-electron chi connectivity index (χ4n) is 3.75. The van der Waals surface area contributed by atoms with Crippen molar-refractivity contribution in [2.45, 2.75) is 12.6 Å². The molecule has 0 bridgehead atoms. The molecule has 2 N–H and O–H groups in total. The van der Waals surface area contributed by atoms with Gasteiger partial charge in [-0.3, -0.25) is 4.90 Å². The molecule has 1 aromatic heterocycles. The third-order valence-corrected chi connectivity index (χ3v) is 4.76. The molecule has 0 unspecified atom stereocenters. The Morgan fingerprint density at radius 2 is 2.00 bits per heavy atom. The first-order chi connectivity index (χ1) is 10.4. The molecule has 1 aromatic carbocycles. The summed E-state index contributed by atoms with van der Waals surface area (Å²) in [6, 6.07) is 13.7. The Morgan fingerprint density at radius 3 is 2.90 bits per heavy atom. The second-order valence-electron chi connectivity index (χ2n) is 5.99. The number of benzene rings is 1. The van der Waals surface area contributed by atoms with Crippen molar-refractivity contribution in [3.8, 4) is 0 Å². The summed E-state index contributed by atoms with van der Waals surface area (Å²) in [7, 11) is 0. The Labute approximate surface area is 125 Å². The smallest absolute Gasteiger partial charge is 0.0821 e. The van der Waals surface area contributed by atoms with Crippen molar-refractivity contribution in [2.24, 2.45) is 5.73 Å². The molecule has 0 aliphatic carbocycles. The van der Waals surface area contributed by atoms with Gasteiger partial charge in [0, 0.05) is 56.8 Å². The van der Waals surface area contributed by atoms with Crippen molar-refractivity contribution in [1.29, 1.82) is 0 Å². The van der Waals surface area contributed by atoms with Gasteiger partial charge in [0.15, 0.2) is 0 Å². The van der Waals surface area contributed by atoms with Crippen LogP contribution >= 0.6 is 0 Å². The molecular weight excluding hydrogens is 260 g/mol. The summed E-state index contributed by atoms with van der Waals surface area (Å²) in [6.07, 6.45) is 2.21. The number of rotatable bonds is 2. The lowest BCUT2D eigenvalue weighted by Crippen LogP contribution is -2.49. The van der Waals surface area contributed by atoms with Crippen LogP contribution < -0.4 is 10.6 Å². The van der Waals surface area contributed by atoms with Crippen LogP contribution in [0.2, 0.25) is 0 Å². The second kappa shape index (κ2) is 5.20. The van der Waals surface area contributed by atoms with Crippen molar-refractivity contribution in [3.63, 3.8) is 0 Å². The first-order valence-electron chi connectivity index (χ1n) is 7.79. The van der Waals surface area contributed by atoms with Crippen molar-refractivity contribution < 1.29 is 0 Å². The van der Waals surface area contributed by atoms with Gasteiger partial charge in [0.2, 0.25) is 0 Å². The van der Waals surface area contributed by atoms with Crippen molar-refractivity contribution in [3.05, 3.63) is 53.9 Å². The molecule has 4 nitrogen and oxygen atoms in total. The van der Waals surface area contributed by atoms with Gasteiger partial charge in [-0.15, -0.1) is 0 Å². The largest absolute Gasteiger partial charge is 0.360 e. The molecule has 0 saturated carbocycles. The van der Waals surface area contributed by atoms with Gasteiger partial charge in [-0.25, -0.2) is 0 Å². The molecule has 1 fully saturated rings. The number of nitrogens with zero attached hydrogens (tertiary/aromatic N) is 3. The van der Waals surface area contributed by atoms with Gasteiger partial charge >= 0.3 is 0 Å². The minimum Gasteiger partial charge on any atom is -0.360 e. The van der Waals surface area contributed by atoms with Crippen LogP contribution in [0.25, 0.3) is 0 Å². The minimum atomic E-state index is 0.434. The van der Waals surface area contributed by atoms with Crippen LogP contribution in [0, 0.1) is 0 Å². The van der Waals surface area contributed by atoms with E-state index in [1.54, 1.807) is 0 Å². The van der Waals surface area contributed by atoms with Crippen LogP contribution in [-0.2, 0) is 6.54 Å². The van der Waals surface area contributed by atoms with E-state index in [0.717, 1.165) is 39.3 Å². The summed E-state index contributed by atoms with van der Waals surface area (Å²) in [5, 5.41) is 0. The molecule has 0 spiro atoms. The van der Waals surface area contributed by atoms with Gasteiger partial charge in [-0.1, -0.05) is 18.2 Å². The molecule has 1 saturated heterocycles. The van der Waals surface area contributed by atoms with E-state index in [1.807, 2.05) is 0 Å². The summed E-state index contributed by atoms with van der Waals surface area (Å²) >= 11 is 0. The Balaban J connectivity index is 1.77. The number of piperazine rings is 1. The predicted molar refractivity (Wildman–Crippen MR) is 85.6 cm³/mol. The SMILES string of the molecule is NCCN1CCN2c3ccccc3Cn3cccc3[C@H]2C1. The van der Waals surface area contributed by atoms with Gasteiger partial charge in [-0.05, 0) is 23.8 Å². The highest BCUT2D eigenvalue weighted by molar-refractivity contribution is 5.57. The molecule has 1 atom stereocenters. The molecule has 2 aliphatic rings. The number of fused-ring (bicyclic) bond motifs is 5. The monoisotopic (exact) mass is 282 g/mol. The number of anilines is 1. The average molecular weight is 282 g/mol. The van der Waals surface area contributed by atoms with Crippen LogP contribution in [0.15, 0.2) is 42.6 Å². The predicted octanol–water partition coefficient (Wildman–Crippen LogP) is 1.67. The van der Waals surface area contributed by atoms with Crippen LogP contribution in [-0.4, -0.2) is 42.2 Å². The molecule has 3 heterocycles. The maximum atomic E-state index is 5.75. The van der Waals surface area contributed by atoms with Gasteiger partial charge < -0.3 is 15.2 Å². The third-order valence-electron chi connectivity index (χ3n) is 4.76. The van der Waals surface area contributed by atoms with E-state index < -0.39 is 0 Å². The highest BCUT2D eigenvalue weighted by atomic mass is 15.3. The number of hydrogen-bond donors (Lipinski definition) is 1. The van der Waals surface area contributed by atoms with Crippen molar-refractivity contribution in [1.82, 2.24) is 9.47 Å². The fourth-order valence-corrected chi connectivity index (χ4v) is 3.75. The quantitative estimate of drug-likeness (QED) is 0.910. The van der Waals surface area contributed by atoms with Gasteiger partial charge in [0.25, 0.3) is 0 Å². The summed E-state index contributed by atoms with van der Waals surface area (Å²) < 4.78 is 2.40. The Hall–Kier alpha value is -1.78. The molecule has 4 rings (SSSR count). The lowest BCUT2D eigenvalue weighted by Gasteiger charge is -2.42. The first kappa shape index (κ1) is 12.9. The second-order valence-corrected chi connectivity index (χ2v) is 5.99. The Morgan fingerprint density at radius 1 is 1.10 bits per heavy atom. The summed E-state index contributed by atoms with van der Waals surface area (Å²) in [6.45, 7) is 5.95. The molecular formula is C17H22N4. The Bertz CT molecular complexity index is 633. The lowest BCUT2D eigenvalue weighted by molar-refractivity contribution is 0.226. The van der Waals surface area contributed by atoms with Crippen molar-refractivity contribution >= 4 is 5.69 Å². The highest BCUT2D eigenvalue weighted by Gasteiger charge is 2.32. The lowest BCUT2D eigenvalue weighted by atomic mass is 10.1. The molecule has 2 aliphatic heterocycles. The number of hydrogen-bond acceptors (Lipinski definition) is 3. The maximum absolute atomic E-state index is 5.75. The number of aromatic nitrogens is 1. The molecule has 4 heteroatoms.